The third-order valence-electron chi connectivity index (χ3n) is 3.69. The first-order valence-corrected chi connectivity index (χ1v) is 7.77. The van der Waals surface area contributed by atoms with E-state index in [0.29, 0.717) is 0 Å². The quantitative estimate of drug-likeness (QED) is 0.741. The van der Waals surface area contributed by atoms with Crippen LogP contribution in [0.25, 0.3) is 0 Å². The number of halogens is 1. The van der Waals surface area contributed by atoms with Crippen LogP contribution in [0, 0.1) is 5.82 Å². The fourth-order valence-electron chi connectivity index (χ4n) is 2.46. The molecule has 1 fully saturated rings. The van der Waals surface area contributed by atoms with Crippen molar-refractivity contribution in [3.8, 4) is 0 Å². The Kier molecular flexibility index (Phi) is 4.83. The molecule has 2 heterocycles. The van der Waals surface area contributed by atoms with E-state index in [-0.39, 0.29) is 36.2 Å². The van der Waals surface area contributed by atoms with Crippen molar-refractivity contribution in [2.24, 2.45) is 0 Å². The van der Waals surface area contributed by atoms with Crippen LogP contribution < -0.4 is 15.5 Å². The molecule has 1 atom stereocenters. The van der Waals surface area contributed by atoms with E-state index in [0.717, 1.165) is 6.07 Å². The van der Waals surface area contributed by atoms with Crippen LogP contribution in [0.1, 0.15) is 17.3 Å². The molecule has 9 nitrogen and oxygen atoms in total. The van der Waals surface area contributed by atoms with Crippen LogP contribution in [0.2, 0.25) is 0 Å². The van der Waals surface area contributed by atoms with Crippen molar-refractivity contribution >= 4 is 29.5 Å². The van der Waals surface area contributed by atoms with Gasteiger partial charge in [-0.3, -0.25) is 19.8 Å². The summed E-state index contributed by atoms with van der Waals surface area (Å²) in [7, 11) is 0. The minimum Gasteiger partial charge on any atom is -0.442 e. The van der Waals surface area contributed by atoms with Crippen LogP contribution in [-0.4, -0.2) is 47.1 Å². The molecule has 1 aromatic carbocycles. The highest BCUT2D eigenvalue weighted by atomic mass is 19.1. The van der Waals surface area contributed by atoms with Crippen molar-refractivity contribution in [1.29, 1.82) is 0 Å². The maximum atomic E-state index is 14.3. The molecule has 0 bridgehead atoms. The molecule has 26 heavy (non-hydrogen) atoms. The summed E-state index contributed by atoms with van der Waals surface area (Å²) in [5.41, 5.74) is 0.0693. The van der Waals surface area contributed by atoms with E-state index in [2.05, 4.69) is 20.6 Å². The zero-order chi connectivity index (χ0) is 18.7. The predicted molar refractivity (Wildman–Crippen MR) is 89.2 cm³/mol. The van der Waals surface area contributed by atoms with Gasteiger partial charge in [0.15, 0.2) is 0 Å². The first kappa shape index (κ1) is 17.4. The van der Waals surface area contributed by atoms with Gasteiger partial charge in [0.05, 0.1) is 24.3 Å². The largest absolute Gasteiger partial charge is 0.442 e. The number of nitrogens with one attached hydrogen (secondary N) is 3. The lowest BCUT2D eigenvalue weighted by Crippen LogP contribution is -2.33. The number of benzene rings is 1. The number of hydrogen-bond donors (Lipinski definition) is 3. The second-order valence-electron chi connectivity index (χ2n) is 5.61. The number of aromatic nitrogens is 2. The highest BCUT2D eigenvalue weighted by Crippen LogP contribution is 2.24. The Morgan fingerprint density at radius 3 is 2.92 bits per heavy atom. The number of rotatable bonds is 5. The number of ether oxygens (including phenoxy) is 1. The lowest BCUT2D eigenvalue weighted by Gasteiger charge is -2.14. The van der Waals surface area contributed by atoms with Gasteiger partial charge in [-0.15, -0.1) is 0 Å². The van der Waals surface area contributed by atoms with Crippen LogP contribution in [-0.2, 0) is 9.53 Å². The summed E-state index contributed by atoms with van der Waals surface area (Å²) >= 11 is 0. The van der Waals surface area contributed by atoms with Crippen molar-refractivity contribution in [2.45, 2.75) is 13.0 Å². The summed E-state index contributed by atoms with van der Waals surface area (Å²) in [6, 6.07) is 3.80. The molecule has 3 amide bonds. The summed E-state index contributed by atoms with van der Waals surface area (Å²) in [6.07, 6.45) is 1.79. The molecule has 0 radical (unpaired) electrons. The van der Waals surface area contributed by atoms with Crippen molar-refractivity contribution in [2.75, 3.05) is 23.3 Å². The summed E-state index contributed by atoms with van der Waals surface area (Å²) < 4.78 is 19.5. The van der Waals surface area contributed by atoms with E-state index in [4.69, 9.17) is 4.74 Å². The normalized spacial score (nSPS) is 16.3. The molecule has 3 rings (SSSR count). The molecule has 0 spiro atoms. The minimum atomic E-state index is -0.787. The third kappa shape index (κ3) is 3.79. The molecular formula is C16H16FN5O4. The number of amides is 3. The minimum absolute atomic E-state index is 0.163. The van der Waals surface area contributed by atoms with Crippen molar-refractivity contribution in [3.05, 3.63) is 42.0 Å². The molecule has 2 aromatic rings. The standard InChI is InChI=1S/C16H16FN5O4/c1-9(23)20-7-11-8-22(16(25)26-11)10-2-3-12(13(17)6-10)14(24)21-15-18-4-5-19-15/h2-6,11H,7-8H2,1H3,(H,20,23)(H2,18,19,21,24)/t11-/m0/s1. The van der Waals surface area contributed by atoms with Crippen LogP contribution in [0.5, 0.6) is 0 Å². The zero-order valence-corrected chi connectivity index (χ0v) is 13.8. The van der Waals surface area contributed by atoms with Crippen LogP contribution in [0.3, 0.4) is 0 Å². The Hall–Kier alpha value is -3.43. The molecule has 1 aliphatic rings. The van der Waals surface area contributed by atoms with E-state index in [1.165, 1.54) is 36.4 Å². The Balaban J connectivity index is 1.70. The highest BCUT2D eigenvalue weighted by Gasteiger charge is 2.33. The summed E-state index contributed by atoms with van der Waals surface area (Å²) in [5.74, 6) is -1.50. The second-order valence-corrected chi connectivity index (χ2v) is 5.61. The maximum absolute atomic E-state index is 14.3. The van der Waals surface area contributed by atoms with E-state index >= 15 is 0 Å². The summed E-state index contributed by atoms with van der Waals surface area (Å²) in [4.78, 5) is 42.7. The number of carbonyl (C=O) groups excluding carboxylic acids is 3. The van der Waals surface area contributed by atoms with Crippen molar-refractivity contribution in [3.63, 3.8) is 0 Å². The van der Waals surface area contributed by atoms with E-state index in [1.54, 1.807) is 0 Å². The number of hydrogen-bond acceptors (Lipinski definition) is 5. The van der Waals surface area contributed by atoms with Crippen LogP contribution in [0.15, 0.2) is 30.6 Å². The van der Waals surface area contributed by atoms with Gasteiger partial charge < -0.3 is 15.0 Å². The number of carbonyl (C=O) groups is 3. The molecule has 0 saturated carbocycles. The molecule has 10 heteroatoms. The van der Waals surface area contributed by atoms with Crippen LogP contribution in [0.4, 0.5) is 20.8 Å². The predicted octanol–water partition coefficient (Wildman–Crippen LogP) is 1.26. The number of anilines is 2. The summed E-state index contributed by atoms with van der Waals surface area (Å²) in [5, 5.41) is 4.98. The lowest BCUT2D eigenvalue weighted by atomic mass is 10.1. The molecule has 1 saturated heterocycles. The van der Waals surface area contributed by atoms with Crippen molar-refractivity contribution < 1.29 is 23.5 Å². The Labute approximate surface area is 147 Å². The topological polar surface area (TPSA) is 116 Å². The average Bonchev–Trinajstić information content (AvgIpc) is 3.22. The van der Waals surface area contributed by atoms with Gasteiger partial charge in [0, 0.05) is 19.3 Å². The SMILES string of the molecule is CC(=O)NC[C@H]1CN(c2ccc(C(=O)Nc3ncc[nH]3)c(F)c2)C(=O)O1. The number of H-pyrrole nitrogens is 1. The Morgan fingerprint density at radius 1 is 1.46 bits per heavy atom. The van der Waals surface area contributed by atoms with Gasteiger partial charge in [-0.05, 0) is 18.2 Å². The average molecular weight is 361 g/mol. The molecular weight excluding hydrogens is 345 g/mol. The first-order valence-electron chi connectivity index (χ1n) is 7.77. The van der Waals surface area contributed by atoms with Gasteiger partial charge in [-0.1, -0.05) is 0 Å². The number of imidazole rings is 1. The van der Waals surface area contributed by atoms with Gasteiger partial charge in [0.2, 0.25) is 11.9 Å². The molecule has 136 valence electrons. The van der Waals surface area contributed by atoms with E-state index in [1.807, 2.05) is 0 Å². The molecule has 0 unspecified atom stereocenters. The van der Waals surface area contributed by atoms with Gasteiger partial charge in [0.25, 0.3) is 5.91 Å². The smallest absolute Gasteiger partial charge is 0.414 e. The third-order valence-corrected chi connectivity index (χ3v) is 3.69. The fourth-order valence-corrected chi connectivity index (χ4v) is 2.46. The van der Waals surface area contributed by atoms with Gasteiger partial charge in [0.1, 0.15) is 11.9 Å². The Morgan fingerprint density at radius 2 is 2.27 bits per heavy atom. The number of cyclic esters (lactones) is 1. The molecule has 0 aliphatic carbocycles. The molecule has 1 aromatic heterocycles. The lowest BCUT2D eigenvalue weighted by molar-refractivity contribution is -0.119. The zero-order valence-electron chi connectivity index (χ0n) is 13.8. The number of aromatic amines is 1. The fraction of sp³-hybridized carbons (Fsp3) is 0.250. The van der Waals surface area contributed by atoms with Gasteiger partial charge in [-0.25, -0.2) is 14.2 Å². The van der Waals surface area contributed by atoms with E-state index in [9.17, 15) is 18.8 Å². The maximum Gasteiger partial charge on any atom is 0.414 e. The van der Waals surface area contributed by atoms with Gasteiger partial charge >= 0.3 is 6.09 Å². The Bertz CT molecular complexity index is 839. The molecule has 1 aliphatic heterocycles. The van der Waals surface area contributed by atoms with E-state index < -0.39 is 23.9 Å². The molecule has 3 N–H and O–H groups in total. The highest BCUT2D eigenvalue weighted by molar-refractivity contribution is 6.04. The van der Waals surface area contributed by atoms with Crippen molar-refractivity contribution in [1.82, 2.24) is 15.3 Å². The number of nitrogens with zero attached hydrogens (tertiary/aromatic N) is 2. The van der Waals surface area contributed by atoms with Gasteiger partial charge in [-0.2, -0.15) is 0 Å². The van der Waals surface area contributed by atoms with Crippen LogP contribution >= 0.6 is 0 Å². The summed E-state index contributed by atoms with van der Waals surface area (Å²) in [6.45, 7) is 1.69. The second kappa shape index (κ2) is 7.21. The monoisotopic (exact) mass is 361 g/mol. The first-order chi connectivity index (χ1) is 12.4.